The second kappa shape index (κ2) is 6.61. The van der Waals surface area contributed by atoms with Gasteiger partial charge < -0.3 is 4.90 Å². The maximum absolute atomic E-state index is 13.2. The van der Waals surface area contributed by atoms with Gasteiger partial charge in [-0.25, -0.2) is 14.4 Å². The van der Waals surface area contributed by atoms with Crippen LogP contribution in [0.2, 0.25) is 0 Å². The zero-order chi connectivity index (χ0) is 17.2. The van der Waals surface area contributed by atoms with E-state index in [1.165, 1.54) is 17.7 Å². The lowest BCUT2D eigenvalue weighted by Crippen LogP contribution is -2.17. The first-order chi connectivity index (χ1) is 12.2. The van der Waals surface area contributed by atoms with Crippen LogP contribution in [0, 0.1) is 5.82 Å². The van der Waals surface area contributed by atoms with E-state index in [9.17, 15) is 4.39 Å². The molecule has 0 saturated carbocycles. The van der Waals surface area contributed by atoms with E-state index in [2.05, 4.69) is 27.0 Å². The normalized spacial score (nSPS) is 11.0. The molecule has 25 heavy (non-hydrogen) atoms. The topological polar surface area (TPSA) is 29.0 Å². The van der Waals surface area contributed by atoms with Crippen LogP contribution in [0.25, 0.3) is 20.7 Å². The molecule has 0 aliphatic heterocycles. The van der Waals surface area contributed by atoms with Gasteiger partial charge in [-0.3, -0.25) is 0 Å². The van der Waals surface area contributed by atoms with Crippen LogP contribution in [0.4, 0.5) is 10.2 Å². The van der Waals surface area contributed by atoms with E-state index in [-0.39, 0.29) is 5.82 Å². The second-order valence-corrected chi connectivity index (χ2v) is 6.92. The minimum absolute atomic E-state index is 0.229. The quantitative estimate of drug-likeness (QED) is 0.511. The second-order valence-electron chi connectivity index (χ2n) is 5.87. The van der Waals surface area contributed by atoms with Crippen LogP contribution in [0.15, 0.2) is 67.0 Å². The van der Waals surface area contributed by atoms with Crippen LogP contribution in [0.5, 0.6) is 0 Å². The SMILES string of the molecule is CN(Cc1ccccc1)c1ncnc2cc(-c3ccc(F)cc3)sc12. The molecule has 0 aliphatic rings. The van der Waals surface area contributed by atoms with E-state index in [0.29, 0.717) is 0 Å². The van der Waals surface area contributed by atoms with Crippen molar-refractivity contribution in [3.63, 3.8) is 0 Å². The molecule has 0 saturated heterocycles. The third kappa shape index (κ3) is 3.23. The summed E-state index contributed by atoms with van der Waals surface area (Å²) in [7, 11) is 2.03. The Balaban J connectivity index is 1.71. The van der Waals surface area contributed by atoms with Crippen molar-refractivity contribution < 1.29 is 4.39 Å². The number of anilines is 1. The van der Waals surface area contributed by atoms with Crippen molar-refractivity contribution in [2.45, 2.75) is 6.54 Å². The van der Waals surface area contributed by atoms with Gasteiger partial charge >= 0.3 is 0 Å². The molecule has 0 aliphatic carbocycles. The summed E-state index contributed by atoms with van der Waals surface area (Å²) < 4.78 is 14.2. The van der Waals surface area contributed by atoms with Gasteiger partial charge in [0.05, 0.1) is 10.2 Å². The lowest BCUT2D eigenvalue weighted by atomic mass is 10.2. The lowest BCUT2D eigenvalue weighted by Gasteiger charge is -2.18. The van der Waals surface area contributed by atoms with Crippen LogP contribution in [-0.4, -0.2) is 17.0 Å². The molecule has 2 heterocycles. The number of thiophene rings is 1. The first-order valence-corrected chi connectivity index (χ1v) is 8.78. The molecular formula is C20H16FN3S. The van der Waals surface area contributed by atoms with Crippen molar-refractivity contribution in [1.82, 2.24) is 9.97 Å². The predicted octanol–water partition coefficient (Wildman–Crippen LogP) is 5.13. The number of rotatable bonds is 4. The van der Waals surface area contributed by atoms with E-state index < -0.39 is 0 Å². The lowest BCUT2D eigenvalue weighted by molar-refractivity contribution is 0.628. The van der Waals surface area contributed by atoms with Crippen LogP contribution in [-0.2, 0) is 6.54 Å². The minimum atomic E-state index is -0.229. The number of aromatic nitrogens is 2. The third-order valence-corrected chi connectivity index (χ3v) is 5.21. The molecule has 4 rings (SSSR count). The van der Waals surface area contributed by atoms with Crippen molar-refractivity contribution in [1.29, 1.82) is 0 Å². The maximum Gasteiger partial charge on any atom is 0.150 e. The summed E-state index contributed by atoms with van der Waals surface area (Å²) in [6, 6.07) is 18.9. The molecule has 0 atom stereocenters. The van der Waals surface area contributed by atoms with Gasteiger partial charge in [-0.2, -0.15) is 0 Å². The molecule has 0 fully saturated rings. The Bertz CT molecular complexity index is 997. The van der Waals surface area contributed by atoms with Crippen molar-refractivity contribution >= 4 is 27.4 Å². The molecule has 0 unspecified atom stereocenters. The molecular weight excluding hydrogens is 333 g/mol. The van der Waals surface area contributed by atoms with Gasteiger partial charge in [0.25, 0.3) is 0 Å². The number of hydrogen-bond donors (Lipinski definition) is 0. The van der Waals surface area contributed by atoms with E-state index in [1.54, 1.807) is 29.8 Å². The number of fused-ring (bicyclic) bond motifs is 1. The smallest absolute Gasteiger partial charge is 0.150 e. The zero-order valence-corrected chi connectivity index (χ0v) is 14.5. The zero-order valence-electron chi connectivity index (χ0n) is 13.7. The highest BCUT2D eigenvalue weighted by molar-refractivity contribution is 7.22. The molecule has 124 valence electrons. The summed E-state index contributed by atoms with van der Waals surface area (Å²) in [5.41, 5.74) is 3.13. The largest absolute Gasteiger partial charge is 0.354 e. The highest BCUT2D eigenvalue weighted by Crippen LogP contribution is 2.36. The first-order valence-electron chi connectivity index (χ1n) is 7.96. The van der Waals surface area contributed by atoms with Crippen molar-refractivity contribution in [2.75, 3.05) is 11.9 Å². The molecule has 0 amide bonds. The Morgan fingerprint density at radius 2 is 1.76 bits per heavy atom. The fraction of sp³-hybridized carbons (Fsp3) is 0.100. The van der Waals surface area contributed by atoms with Gasteiger partial charge in [0.1, 0.15) is 18.0 Å². The van der Waals surface area contributed by atoms with E-state index in [0.717, 1.165) is 33.0 Å². The fourth-order valence-electron chi connectivity index (χ4n) is 2.80. The summed E-state index contributed by atoms with van der Waals surface area (Å²) in [6.07, 6.45) is 1.60. The summed E-state index contributed by atoms with van der Waals surface area (Å²) in [4.78, 5) is 12.1. The van der Waals surface area contributed by atoms with Crippen molar-refractivity contribution in [3.8, 4) is 10.4 Å². The van der Waals surface area contributed by atoms with E-state index in [4.69, 9.17) is 0 Å². The Kier molecular flexibility index (Phi) is 4.15. The molecule has 4 aromatic rings. The van der Waals surface area contributed by atoms with Gasteiger partial charge in [-0.1, -0.05) is 42.5 Å². The molecule has 0 bridgehead atoms. The molecule has 2 aromatic carbocycles. The minimum Gasteiger partial charge on any atom is -0.354 e. The Morgan fingerprint density at radius 3 is 2.52 bits per heavy atom. The average Bonchev–Trinajstić information content (AvgIpc) is 3.07. The van der Waals surface area contributed by atoms with Gasteiger partial charge in [0.15, 0.2) is 0 Å². The van der Waals surface area contributed by atoms with Gasteiger partial charge in [-0.15, -0.1) is 11.3 Å². The number of benzene rings is 2. The van der Waals surface area contributed by atoms with Crippen LogP contribution < -0.4 is 4.90 Å². The van der Waals surface area contributed by atoms with Crippen LogP contribution in [0.3, 0.4) is 0 Å². The standard InChI is InChI=1S/C20H16FN3S/c1-24(12-14-5-3-2-4-6-14)20-19-17(22-13-23-20)11-18(25-19)15-7-9-16(21)10-8-15/h2-11,13H,12H2,1H3. The van der Waals surface area contributed by atoms with Crippen LogP contribution in [0.1, 0.15) is 5.56 Å². The summed E-state index contributed by atoms with van der Waals surface area (Å²) in [5.74, 6) is 0.681. The van der Waals surface area contributed by atoms with Gasteiger partial charge in [0.2, 0.25) is 0 Å². The molecule has 2 aromatic heterocycles. The Hall–Kier alpha value is -2.79. The fourth-order valence-corrected chi connectivity index (χ4v) is 3.96. The van der Waals surface area contributed by atoms with Gasteiger partial charge in [0, 0.05) is 18.5 Å². The molecule has 0 radical (unpaired) electrons. The molecule has 3 nitrogen and oxygen atoms in total. The predicted molar refractivity (Wildman–Crippen MR) is 101 cm³/mol. The third-order valence-electron chi connectivity index (χ3n) is 4.05. The highest BCUT2D eigenvalue weighted by atomic mass is 32.1. The van der Waals surface area contributed by atoms with E-state index in [1.807, 2.05) is 31.3 Å². The first kappa shape index (κ1) is 15.7. The molecule has 0 spiro atoms. The summed E-state index contributed by atoms with van der Waals surface area (Å²) in [6.45, 7) is 0.775. The number of halogens is 1. The van der Waals surface area contributed by atoms with E-state index >= 15 is 0 Å². The Labute approximate surface area is 149 Å². The molecule has 0 N–H and O–H groups in total. The number of nitrogens with zero attached hydrogens (tertiary/aromatic N) is 3. The molecule has 5 heteroatoms. The Morgan fingerprint density at radius 1 is 1.00 bits per heavy atom. The van der Waals surface area contributed by atoms with Crippen molar-refractivity contribution in [3.05, 3.63) is 78.4 Å². The average molecular weight is 349 g/mol. The summed E-state index contributed by atoms with van der Waals surface area (Å²) >= 11 is 1.63. The number of hydrogen-bond acceptors (Lipinski definition) is 4. The maximum atomic E-state index is 13.2. The van der Waals surface area contributed by atoms with Gasteiger partial charge in [-0.05, 0) is 29.3 Å². The van der Waals surface area contributed by atoms with Crippen molar-refractivity contribution in [2.24, 2.45) is 0 Å². The summed E-state index contributed by atoms with van der Waals surface area (Å²) in [5, 5.41) is 0. The highest BCUT2D eigenvalue weighted by Gasteiger charge is 2.13. The monoisotopic (exact) mass is 349 g/mol. The van der Waals surface area contributed by atoms with Crippen LogP contribution >= 0.6 is 11.3 Å².